The average Bonchev–Trinajstić information content (AvgIpc) is 2.72. The summed E-state index contributed by atoms with van der Waals surface area (Å²) in [7, 11) is 0. The Bertz CT molecular complexity index is 1200. The van der Waals surface area contributed by atoms with Crippen LogP contribution < -0.4 is 10.2 Å². The second-order valence-electron chi connectivity index (χ2n) is 7.00. The molecule has 0 aliphatic carbocycles. The van der Waals surface area contributed by atoms with Crippen LogP contribution in [0, 0.1) is 0 Å². The van der Waals surface area contributed by atoms with E-state index in [1.165, 1.54) is 12.1 Å². The number of benzene rings is 2. The van der Waals surface area contributed by atoms with Gasteiger partial charge in [0.15, 0.2) is 17.3 Å². The third-order valence-electron chi connectivity index (χ3n) is 4.85. The second-order valence-corrected chi connectivity index (χ2v) is 7.00. The molecule has 0 spiro atoms. The smallest absolute Gasteiger partial charge is 0.238 e. The van der Waals surface area contributed by atoms with Crippen LogP contribution >= 0.6 is 0 Å². The Morgan fingerprint density at radius 3 is 2.42 bits per heavy atom. The zero-order valence-electron chi connectivity index (χ0n) is 15.7. The highest BCUT2D eigenvalue weighted by Gasteiger charge is 2.39. The normalized spacial score (nSPS) is 23.7. The van der Waals surface area contributed by atoms with Gasteiger partial charge in [0.25, 0.3) is 0 Å². The van der Waals surface area contributed by atoms with Gasteiger partial charge >= 0.3 is 0 Å². The molecule has 4 atom stereocenters. The number of aliphatic hydroxyl groups is 3. The largest absolute Gasteiger partial charge is 0.508 e. The first-order chi connectivity index (χ1) is 14.7. The van der Waals surface area contributed by atoms with Crippen molar-refractivity contribution < 1.29 is 49.6 Å². The Balaban J connectivity index is 1.76. The number of ether oxygens (including phenoxy) is 2. The predicted molar refractivity (Wildman–Crippen MR) is 103 cm³/mol. The highest BCUT2D eigenvalue weighted by Crippen LogP contribution is 2.38. The Kier molecular flexibility index (Phi) is 5.11. The van der Waals surface area contributed by atoms with Gasteiger partial charge in [-0.05, 0) is 18.2 Å². The van der Waals surface area contributed by atoms with Crippen LogP contribution in [0.1, 0.15) is 0 Å². The molecular formula is C20H18O11. The van der Waals surface area contributed by atoms with Crippen molar-refractivity contribution in [1.82, 2.24) is 0 Å². The Labute approximate surface area is 173 Å². The Hall–Kier alpha value is -3.51. The van der Waals surface area contributed by atoms with Crippen LogP contribution in [0.15, 0.2) is 39.5 Å². The minimum Gasteiger partial charge on any atom is -0.508 e. The molecule has 11 nitrogen and oxygen atoms in total. The van der Waals surface area contributed by atoms with Crippen LogP contribution in [0.3, 0.4) is 0 Å². The number of hydrogen-bond acceptors (Lipinski definition) is 11. The van der Waals surface area contributed by atoms with E-state index in [9.17, 15) is 40.5 Å². The number of aliphatic hydroxyl groups excluding tert-OH is 3. The first-order valence-corrected chi connectivity index (χ1v) is 9.05. The molecule has 0 bridgehead atoms. The van der Waals surface area contributed by atoms with Gasteiger partial charge in [0.2, 0.25) is 17.5 Å². The lowest BCUT2D eigenvalue weighted by Crippen LogP contribution is -2.54. The van der Waals surface area contributed by atoms with E-state index in [4.69, 9.17) is 13.9 Å². The summed E-state index contributed by atoms with van der Waals surface area (Å²) in [5, 5.41) is 68.9. The maximum Gasteiger partial charge on any atom is 0.238 e. The van der Waals surface area contributed by atoms with E-state index in [0.717, 1.165) is 18.2 Å². The minimum absolute atomic E-state index is 0.0676. The summed E-state index contributed by atoms with van der Waals surface area (Å²) in [6.45, 7) is -0.323. The molecule has 2 aromatic carbocycles. The van der Waals surface area contributed by atoms with Gasteiger partial charge in [-0.1, -0.05) is 0 Å². The topological polar surface area (TPSA) is 190 Å². The van der Waals surface area contributed by atoms with E-state index < -0.39 is 47.3 Å². The fourth-order valence-electron chi connectivity index (χ4n) is 3.23. The molecule has 7 N–H and O–H groups in total. The van der Waals surface area contributed by atoms with Crippen LogP contribution in [-0.2, 0) is 4.74 Å². The van der Waals surface area contributed by atoms with E-state index in [1.807, 2.05) is 0 Å². The molecule has 2 heterocycles. The van der Waals surface area contributed by atoms with Crippen molar-refractivity contribution in [2.45, 2.75) is 24.6 Å². The fourth-order valence-corrected chi connectivity index (χ4v) is 3.23. The van der Waals surface area contributed by atoms with Gasteiger partial charge in [-0.15, -0.1) is 0 Å². The summed E-state index contributed by atoms with van der Waals surface area (Å²) in [6.07, 6.45) is -5.89. The van der Waals surface area contributed by atoms with E-state index in [0.29, 0.717) is 0 Å². The van der Waals surface area contributed by atoms with Gasteiger partial charge in [0.1, 0.15) is 40.8 Å². The Morgan fingerprint density at radius 1 is 0.935 bits per heavy atom. The van der Waals surface area contributed by atoms with Gasteiger partial charge in [0.05, 0.1) is 6.61 Å². The molecular weight excluding hydrogens is 416 g/mol. The number of phenols is 3. The number of phenolic OH excluding ortho intramolecular Hbond substituents is 3. The zero-order valence-corrected chi connectivity index (χ0v) is 15.7. The third-order valence-corrected chi connectivity index (χ3v) is 4.85. The van der Waals surface area contributed by atoms with Crippen LogP contribution in [0.4, 0.5) is 0 Å². The van der Waals surface area contributed by atoms with Crippen LogP contribution in [0.25, 0.3) is 22.3 Å². The lowest BCUT2D eigenvalue weighted by Gasteiger charge is -2.35. The summed E-state index contributed by atoms with van der Waals surface area (Å²) in [4.78, 5) is 12.5. The first kappa shape index (κ1) is 20.8. The van der Waals surface area contributed by atoms with Gasteiger partial charge in [-0.3, -0.25) is 4.79 Å². The minimum atomic E-state index is -1.62. The number of fused-ring (bicyclic) bond motifs is 1. The van der Waals surface area contributed by atoms with Crippen molar-refractivity contribution in [3.63, 3.8) is 0 Å². The zero-order chi connectivity index (χ0) is 22.4. The molecule has 0 unspecified atom stereocenters. The van der Waals surface area contributed by atoms with Crippen molar-refractivity contribution in [3.05, 3.63) is 40.6 Å². The summed E-state index contributed by atoms with van der Waals surface area (Å²) >= 11 is 0. The van der Waals surface area contributed by atoms with Gasteiger partial charge in [-0.25, -0.2) is 0 Å². The van der Waals surface area contributed by atoms with Gasteiger partial charge in [-0.2, -0.15) is 0 Å². The fraction of sp³-hybridized carbons (Fsp3) is 0.250. The second kappa shape index (κ2) is 7.63. The number of hydrogen-bond donors (Lipinski definition) is 7. The van der Waals surface area contributed by atoms with Crippen LogP contribution in [0.5, 0.6) is 28.7 Å². The average molecular weight is 434 g/mol. The summed E-state index contributed by atoms with van der Waals surface area (Å²) in [5.41, 5.74) is -1.08. The molecule has 1 aliphatic rings. The first-order valence-electron chi connectivity index (χ1n) is 9.05. The van der Waals surface area contributed by atoms with Crippen LogP contribution in [-0.4, -0.2) is 67.0 Å². The highest BCUT2D eigenvalue weighted by molar-refractivity contribution is 5.88. The summed E-state index contributed by atoms with van der Waals surface area (Å²) in [6, 6.07) is 5.64. The molecule has 3 aromatic rings. The predicted octanol–water partition coefficient (Wildman–Crippen LogP) is 0.100. The maximum absolute atomic E-state index is 12.5. The third kappa shape index (κ3) is 3.59. The molecule has 1 fully saturated rings. The number of rotatable bonds is 3. The van der Waals surface area contributed by atoms with E-state index in [1.54, 1.807) is 0 Å². The summed E-state index contributed by atoms with van der Waals surface area (Å²) < 4.78 is 16.0. The van der Waals surface area contributed by atoms with Gasteiger partial charge < -0.3 is 49.6 Å². The molecule has 31 heavy (non-hydrogen) atoms. The lowest BCUT2D eigenvalue weighted by atomic mass is 10.1. The van der Waals surface area contributed by atoms with Crippen molar-refractivity contribution in [3.8, 4) is 40.1 Å². The molecule has 1 aliphatic heterocycles. The highest BCUT2D eigenvalue weighted by atomic mass is 16.7. The molecule has 0 saturated carbocycles. The quantitative estimate of drug-likeness (QED) is 0.296. The molecule has 0 radical (unpaired) electrons. The molecule has 1 saturated heterocycles. The lowest BCUT2D eigenvalue weighted by molar-refractivity contribution is -0.242. The maximum atomic E-state index is 12.5. The van der Waals surface area contributed by atoms with Crippen molar-refractivity contribution >= 4 is 11.0 Å². The molecule has 1 aromatic heterocycles. The molecule has 0 amide bonds. The van der Waals surface area contributed by atoms with Crippen molar-refractivity contribution in [2.24, 2.45) is 0 Å². The van der Waals surface area contributed by atoms with E-state index >= 15 is 0 Å². The monoisotopic (exact) mass is 434 g/mol. The molecule has 11 heteroatoms. The molecule has 4 rings (SSSR count). The molecule has 164 valence electrons. The summed E-state index contributed by atoms with van der Waals surface area (Å²) in [5.74, 6) is -2.76. The van der Waals surface area contributed by atoms with Gasteiger partial charge in [0, 0.05) is 17.7 Å². The SMILES string of the molecule is O=c1c(O)c(-c2ccc(O)c(O[C@@H]3OC[C@@H](O)[C@H](O)[C@H]3O)c2)oc2cc(O)cc(O)c12. The van der Waals surface area contributed by atoms with E-state index in [-0.39, 0.29) is 40.4 Å². The van der Waals surface area contributed by atoms with Crippen molar-refractivity contribution in [2.75, 3.05) is 6.61 Å². The van der Waals surface area contributed by atoms with E-state index in [2.05, 4.69) is 0 Å². The van der Waals surface area contributed by atoms with Crippen LogP contribution in [0.2, 0.25) is 0 Å². The standard InChI is InChI=1S/C20H18O11/c21-8-4-10(23)14-13(5-8)30-19(17(27)16(14)26)7-1-2-9(22)12(3-7)31-20-18(28)15(25)11(24)6-29-20/h1-5,11,15,18,20-25,27-28H,6H2/t11-,15+,18-,20+/m1/s1. The van der Waals surface area contributed by atoms with Crippen molar-refractivity contribution in [1.29, 1.82) is 0 Å². The Morgan fingerprint density at radius 2 is 1.68 bits per heavy atom. The number of aromatic hydroxyl groups is 4.